The Morgan fingerprint density at radius 2 is 1.74 bits per heavy atom. The Balaban J connectivity index is 2.04. The minimum Gasteiger partial charge on any atom is -0.506 e. The van der Waals surface area contributed by atoms with Crippen LogP contribution in [0.3, 0.4) is 0 Å². The third-order valence-electron chi connectivity index (χ3n) is 5.53. The van der Waals surface area contributed by atoms with Crippen LogP contribution in [0.25, 0.3) is 10.8 Å². The fourth-order valence-corrected chi connectivity index (χ4v) is 3.70. The molecule has 7 N–H and O–H groups in total. The summed E-state index contributed by atoms with van der Waals surface area (Å²) in [5.74, 6) is -1.49. The van der Waals surface area contributed by atoms with Crippen molar-refractivity contribution < 1.29 is 59.2 Å². The molecule has 13 heteroatoms. The number of aromatic hydroxyl groups is 1. The van der Waals surface area contributed by atoms with E-state index >= 15 is 0 Å². The number of aliphatic hydroxyl groups excluding tert-OH is 6. The summed E-state index contributed by atoms with van der Waals surface area (Å²) in [6, 6.07) is 2.72. The quantitative estimate of drug-likeness (QED) is 0.121. The van der Waals surface area contributed by atoms with Gasteiger partial charge in [0.15, 0.2) is 12.4 Å². The highest BCUT2D eigenvalue weighted by Crippen LogP contribution is 2.44. The Hall–Kier alpha value is -2.62. The van der Waals surface area contributed by atoms with Crippen LogP contribution in [0.5, 0.6) is 11.5 Å². The summed E-state index contributed by atoms with van der Waals surface area (Å²) in [6.45, 7) is 0.573. The van der Waals surface area contributed by atoms with Crippen LogP contribution < -0.4 is 10.4 Å². The fraction of sp³-hybridized carbons (Fsp3) is 0.524. The van der Waals surface area contributed by atoms with Crippen molar-refractivity contribution in [2.45, 2.75) is 56.3 Å². The van der Waals surface area contributed by atoms with Crippen molar-refractivity contribution in [3.8, 4) is 11.5 Å². The average Bonchev–Trinajstić information content (AvgIpc) is 2.91. The number of benzene rings is 1. The Bertz CT molecular complexity index is 1100. The number of hydrogen-bond donors (Lipinski definition) is 7. The number of hydrogen-bond acceptors (Lipinski definition) is 13. The Kier molecular flexibility index (Phi) is 7.90. The van der Waals surface area contributed by atoms with E-state index < -0.39 is 66.9 Å². The summed E-state index contributed by atoms with van der Waals surface area (Å²) < 4.78 is 20.8. The third-order valence-corrected chi connectivity index (χ3v) is 5.53. The van der Waals surface area contributed by atoms with Gasteiger partial charge in [-0.3, -0.25) is 0 Å². The van der Waals surface area contributed by atoms with Gasteiger partial charge in [0.05, 0.1) is 18.3 Å². The topological polar surface area (TPSA) is 217 Å². The normalized spacial score (nSPS) is 22.9. The highest BCUT2D eigenvalue weighted by molar-refractivity contribution is 5.92. The fourth-order valence-electron chi connectivity index (χ4n) is 3.70. The van der Waals surface area contributed by atoms with Crippen molar-refractivity contribution in [2.75, 3.05) is 13.7 Å². The molecule has 13 nitrogen and oxygen atoms in total. The molecule has 0 fully saturated rings. The summed E-state index contributed by atoms with van der Waals surface area (Å²) >= 11 is 0. The molecule has 0 aliphatic carbocycles. The molecule has 0 saturated heterocycles. The summed E-state index contributed by atoms with van der Waals surface area (Å²) in [4.78, 5) is 24.8. The van der Waals surface area contributed by atoms with Crippen LogP contribution in [-0.4, -0.2) is 92.2 Å². The minimum absolute atomic E-state index is 0.199. The first-order valence-corrected chi connectivity index (χ1v) is 10.2. The molecule has 7 unspecified atom stereocenters. The first kappa shape index (κ1) is 26.0. The van der Waals surface area contributed by atoms with Crippen molar-refractivity contribution in [1.29, 1.82) is 0 Å². The van der Waals surface area contributed by atoms with Crippen LogP contribution in [0.1, 0.15) is 23.8 Å². The van der Waals surface area contributed by atoms with Crippen LogP contribution in [0.4, 0.5) is 0 Å². The number of ether oxygens (including phenoxy) is 3. The molecule has 2 aromatic rings. The predicted octanol–water partition coefficient (Wildman–Crippen LogP) is -2.06. The zero-order valence-electron chi connectivity index (χ0n) is 18.2. The van der Waals surface area contributed by atoms with E-state index in [0.717, 1.165) is 0 Å². The second-order valence-corrected chi connectivity index (χ2v) is 7.86. The van der Waals surface area contributed by atoms with Crippen molar-refractivity contribution in [2.24, 2.45) is 0 Å². The largest absolute Gasteiger partial charge is 0.506 e. The van der Waals surface area contributed by atoms with E-state index in [1.807, 2.05) is 0 Å². The molecule has 1 aliphatic rings. The molecule has 0 saturated carbocycles. The van der Waals surface area contributed by atoms with E-state index in [1.165, 1.54) is 26.2 Å². The predicted molar refractivity (Wildman–Crippen MR) is 111 cm³/mol. The first-order chi connectivity index (χ1) is 16.0. The lowest BCUT2D eigenvalue weighted by Gasteiger charge is -2.30. The number of phenols is 1. The van der Waals surface area contributed by atoms with Gasteiger partial charge < -0.3 is 54.4 Å². The molecule has 0 spiro atoms. The monoisotopic (exact) mass is 486 g/mol. The molecule has 7 atom stereocenters. The van der Waals surface area contributed by atoms with E-state index in [4.69, 9.17) is 23.7 Å². The standard InChI is InChI=1S/C21H26O13/c1-7-3-8-4-10-14(16(25)13(8)20(29)32-7)11(5-12(31-2)19(28)33-10)34-21(30)18(27)17(26)15(24)9(23)6-22/h3-4,9,11-12,15,17-18,21-27,30H,5-6H2,1-2H3. The Morgan fingerprint density at radius 3 is 2.35 bits per heavy atom. The molecule has 1 aromatic heterocycles. The number of aryl methyl sites for hydroxylation is 1. The van der Waals surface area contributed by atoms with E-state index in [2.05, 4.69) is 0 Å². The molecule has 0 bridgehead atoms. The number of fused-ring (bicyclic) bond motifs is 2. The number of aliphatic hydroxyl groups is 6. The zero-order chi connectivity index (χ0) is 25.3. The van der Waals surface area contributed by atoms with E-state index in [9.17, 15) is 40.2 Å². The van der Waals surface area contributed by atoms with Crippen LogP contribution in [-0.2, 0) is 14.3 Å². The molecular weight excluding hydrogens is 460 g/mol. The van der Waals surface area contributed by atoms with Gasteiger partial charge in [0.25, 0.3) is 0 Å². The van der Waals surface area contributed by atoms with Gasteiger partial charge in [-0.1, -0.05) is 0 Å². The van der Waals surface area contributed by atoms with Crippen molar-refractivity contribution in [1.82, 2.24) is 0 Å². The van der Waals surface area contributed by atoms with Crippen LogP contribution in [0.2, 0.25) is 0 Å². The van der Waals surface area contributed by atoms with Gasteiger partial charge in [-0.2, -0.15) is 0 Å². The van der Waals surface area contributed by atoms with Gasteiger partial charge in [-0.05, 0) is 24.4 Å². The molecule has 0 amide bonds. The summed E-state index contributed by atoms with van der Waals surface area (Å²) in [5, 5.41) is 69.6. The van der Waals surface area contributed by atoms with E-state index in [0.29, 0.717) is 0 Å². The molecule has 188 valence electrons. The van der Waals surface area contributed by atoms with Crippen LogP contribution >= 0.6 is 0 Å². The summed E-state index contributed by atoms with van der Waals surface area (Å²) in [6.07, 6.45) is -13.5. The molecular formula is C21H26O13. The number of carbonyl (C=O) groups is 1. The second kappa shape index (κ2) is 10.3. The maximum atomic E-state index is 12.5. The van der Waals surface area contributed by atoms with Crippen LogP contribution in [0, 0.1) is 6.92 Å². The van der Waals surface area contributed by atoms with Gasteiger partial charge in [-0.15, -0.1) is 0 Å². The van der Waals surface area contributed by atoms with Crippen LogP contribution in [0.15, 0.2) is 21.3 Å². The minimum atomic E-state index is -2.23. The molecule has 34 heavy (non-hydrogen) atoms. The van der Waals surface area contributed by atoms with Crippen molar-refractivity contribution >= 4 is 16.7 Å². The third kappa shape index (κ3) is 4.92. The Morgan fingerprint density at radius 1 is 1.06 bits per heavy atom. The van der Waals surface area contributed by atoms with Gasteiger partial charge in [-0.25, -0.2) is 9.59 Å². The number of carbonyl (C=O) groups excluding carboxylic acids is 1. The SMILES string of the molecule is COC1CC(OC(O)C(O)C(O)C(O)C(O)CO)c2c(cc3cc(C)oc(=O)c3c2O)OC1=O. The number of phenolic OH excluding ortho intramolecular Hbond substituents is 1. The maximum absolute atomic E-state index is 12.5. The molecule has 3 rings (SSSR count). The highest BCUT2D eigenvalue weighted by atomic mass is 16.6. The average molecular weight is 486 g/mol. The maximum Gasteiger partial charge on any atom is 0.347 e. The lowest BCUT2D eigenvalue weighted by molar-refractivity contribution is -0.231. The molecule has 2 heterocycles. The van der Waals surface area contributed by atoms with Gasteiger partial charge >= 0.3 is 11.6 Å². The number of esters is 1. The lowest BCUT2D eigenvalue weighted by atomic mass is 9.98. The van der Waals surface area contributed by atoms with Crippen molar-refractivity contribution in [3.63, 3.8) is 0 Å². The van der Waals surface area contributed by atoms with Crippen molar-refractivity contribution in [3.05, 3.63) is 33.9 Å². The molecule has 1 aromatic carbocycles. The first-order valence-electron chi connectivity index (χ1n) is 10.2. The molecule has 1 aliphatic heterocycles. The van der Waals surface area contributed by atoms with E-state index in [-0.39, 0.29) is 34.3 Å². The van der Waals surface area contributed by atoms with Gasteiger partial charge in [0, 0.05) is 13.5 Å². The zero-order valence-corrected chi connectivity index (χ0v) is 18.2. The highest BCUT2D eigenvalue weighted by Gasteiger charge is 2.40. The molecule has 0 radical (unpaired) electrons. The summed E-state index contributed by atoms with van der Waals surface area (Å²) in [5.41, 5.74) is -1.11. The second-order valence-electron chi connectivity index (χ2n) is 7.86. The van der Waals surface area contributed by atoms with E-state index in [1.54, 1.807) is 0 Å². The van der Waals surface area contributed by atoms with Gasteiger partial charge in [0.2, 0.25) is 0 Å². The summed E-state index contributed by atoms with van der Waals surface area (Å²) in [7, 11) is 1.20. The number of rotatable bonds is 8. The lowest BCUT2D eigenvalue weighted by Crippen LogP contribution is -2.50. The Labute approximate surface area is 192 Å². The smallest absolute Gasteiger partial charge is 0.347 e. The van der Waals surface area contributed by atoms with Gasteiger partial charge in [0.1, 0.15) is 47.1 Å². The number of methoxy groups -OCH3 is 1.